The van der Waals surface area contributed by atoms with Crippen molar-refractivity contribution in [1.29, 1.82) is 0 Å². The molecular formula is C22H23N3O3. The molecule has 1 spiro atoms. The molecule has 1 aromatic carbocycles. The van der Waals surface area contributed by atoms with Crippen LogP contribution in [-0.2, 0) is 5.41 Å². The molecule has 6 rings (SSSR count). The lowest BCUT2D eigenvalue weighted by Crippen LogP contribution is -2.61. The first-order chi connectivity index (χ1) is 13.4. The van der Waals surface area contributed by atoms with Crippen molar-refractivity contribution in [2.75, 3.05) is 13.1 Å². The van der Waals surface area contributed by atoms with Crippen LogP contribution in [-0.4, -0.2) is 34.3 Å². The molecule has 2 bridgehead atoms. The van der Waals surface area contributed by atoms with Crippen LogP contribution in [0.5, 0.6) is 0 Å². The molecule has 2 N–H and O–H groups in total. The van der Waals surface area contributed by atoms with E-state index in [2.05, 4.69) is 13.0 Å². The van der Waals surface area contributed by atoms with E-state index < -0.39 is 11.3 Å². The number of para-hydroxylation sites is 1. The summed E-state index contributed by atoms with van der Waals surface area (Å²) >= 11 is 0. The number of carbonyl (C=O) groups is 1. The van der Waals surface area contributed by atoms with Gasteiger partial charge < -0.3 is 15.6 Å². The summed E-state index contributed by atoms with van der Waals surface area (Å²) < 4.78 is 1.58. The molecule has 28 heavy (non-hydrogen) atoms. The van der Waals surface area contributed by atoms with Crippen molar-refractivity contribution in [1.82, 2.24) is 4.57 Å². The van der Waals surface area contributed by atoms with Crippen molar-refractivity contribution in [3.05, 3.63) is 68.3 Å². The number of hydrogen-bond acceptors (Lipinski definition) is 3. The van der Waals surface area contributed by atoms with Gasteiger partial charge in [-0.15, -0.1) is 0 Å². The van der Waals surface area contributed by atoms with Crippen LogP contribution in [0.25, 0.3) is 5.69 Å². The summed E-state index contributed by atoms with van der Waals surface area (Å²) in [5.41, 5.74) is 8.82. The topological polar surface area (TPSA) is 88.2 Å². The van der Waals surface area contributed by atoms with Gasteiger partial charge >= 0.3 is 0 Å². The zero-order valence-electron chi connectivity index (χ0n) is 15.9. The summed E-state index contributed by atoms with van der Waals surface area (Å²) in [7, 11) is 0. The van der Waals surface area contributed by atoms with Crippen LogP contribution < -0.4 is 11.3 Å². The molecule has 1 amide bonds. The number of carbonyl (C=O) groups excluding carboxylic acids is 1. The Morgan fingerprint density at radius 3 is 2.93 bits per heavy atom. The zero-order chi connectivity index (χ0) is 19.4. The number of fused-ring (bicyclic) bond motifs is 4. The van der Waals surface area contributed by atoms with Crippen LogP contribution in [0.15, 0.2) is 35.1 Å². The van der Waals surface area contributed by atoms with Crippen LogP contribution in [0.1, 0.15) is 59.3 Å². The molecule has 1 unspecified atom stereocenters. The van der Waals surface area contributed by atoms with Crippen molar-refractivity contribution >= 4 is 5.91 Å². The first kappa shape index (κ1) is 16.5. The van der Waals surface area contributed by atoms with Crippen molar-refractivity contribution < 1.29 is 9.44 Å². The Labute approximate surface area is 162 Å². The minimum Gasteiger partial charge on any atom is -0.633 e. The highest BCUT2D eigenvalue weighted by atomic mass is 16.5. The Morgan fingerprint density at radius 2 is 2.18 bits per heavy atom. The second kappa shape index (κ2) is 4.93. The van der Waals surface area contributed by atoms with Crippen molar-refractivity contribution in [2.24, 2.45) is 11.7 Å². The third-order valence-electron chi connectivity index (χ3n) is 8.08. The van der Waals surface area contributed by atoms with E-state index in [0.29, 0.717) is 13.1 Å². The lowest BCUT2D eigenvalue weighted by atomic mass is 9.59. The van der Waals surface area contributed by atoms with E-state index in [9.17, 15) is 14.8 Å². The predicted octanol–water partition coefficient (Wildman–Crippen LogP) is 2.15. The molecule has 2 aromatic rings. The molecule has 1 aliphatic carbocycles. The summed E-state index contributed by atoms with van der Waals surface area (Å²) in [5.74, 6) is -0.214. The second-order valence-electron chi connectivity index (χ2n) is 8.99. The normalized spacial score (nSPS) is 36.1. The largest absolute Gasteiger partial charge is 0.633 e. The Hall–Kier alpha value is -2.44. The van der Waals surface area contributed by atoms with E-state index >= 15 is 0 Å². The third kappa shape index (κ3) is 1.60. The highest BCUT2D eigenvalue weighted by molar-refractivity contribution is 5.93. The number of hydroxylamine groups is 3. The lowest BCUT2D eigenvalue weighted by Gasteiger charge is -2.57. The first-order valence-electron chi connectivity index (χ1n) is 10.2. The number of rotatable bonds is 2. The molecule has 144 valence electrons. The molecular weight excluding hydrogens is 354 g/mol. The number of pyridine rings is 1. The van der Waals surface area contributed by atoms with E-state index in [1.165, 1.54) is 0 Å². The maximum Gasteiger partial charge on any atom is 0.268 e. The maximum atomic E-state index is 13.9. The van der Waals surface area contributed by atoms with Gasteiger partial charge in [-0.25, -0.2) is 0 Å². The average Bonchev–Trinajstić information content (AvgIpc) is 3.17. The molecule has 1 aromatic heterocycles. The standard InChI is InChI=1S/C22H23N3O3/c1-2-12-11-25(28)8-7-22-16-5-3-4-6-17(16)24-19(22)14(13(12)10-18(22)25)9-15(20(23)26)21(24)27/h3-6,9,12-13,18H,2,7-8,10-11H2,1H3,(H2,23,26)/t12-,13-,18+,22-,25?/m1/s1. The van der Waals surface area contributed by atoms with Crippen LogP contribution >= 0.6 is 0 Å². The highest BCUT2D eigenvalue weighted by Crippen LogP contribution is 2.63. The zero-order valence-corrected chi connectivity index (χ0v) is 15.9. The summed E-state index contributed by atoms with van der Waals surface area (Å²) in [6.45, 7) is 3.35. The van der Waals surface area contributed by atoms with Gasteiger partial charge in [-0.3, -0.25) is 14.2 Å². The third-order valence-corrected chi connectivity index (χ3v) is 8.08. The lowest BCUT2D eigenvalue weighted by molar-refractivity contribution is -0.904. The van der Waals surface area contributed by atoms with Gasteiger partial charge in [0.2, 0.25) is 0 Å². The van der Waals surface area contributed by atoms with Gasteiger partial charge in [0.25, 0.3) is 11.5 Å². The summed E-state index contributed by atoms with van der Waals surface area (Å²) in [6, 6.07) is 9.61. The fourth-order valence-corrected chi connectivity index (χ4v) is 7.00. The van der Waals surface area contributed by atoms with Gasteiger partial charge in [0, 0.05) is 24.5 Å². The number of hydrogen-bond donors (Lipinski definition) is 1. The minimum absolute atomic E-state index is 0.0541. The maximum absolute atomic E-state index is 13.9. The fraction of sp³-hybridized carbons (Fsp3) is 0.455. The SMILES string of the molecule is CC[C@@H]1C[N+]2([O-])CC[C@]34c5ccccc5-n5c3c(cc(C(N)=O)c5=O)[C@@H]1C[C@@H]42. The van der Waals surface area contributed by atoms with E-state index in [-0.39, 0.29) is 33.6 Å². The molecule has 4 heterocycles. The number of quaternary nitrogens is 1. The van der Waals surface area contributed by atoms with Gasteiger partial charge in [0.15, 0.2) is 0 Å². The van der Waals surface area contributed by atoms with Gasteiger partial charge in [-0.1, -0.05) is 25.1 Å². The number of amides is 1. The predicted molar refractivity (Wildman–Crippen MR) is 104 cm³/mol. The number of piperidine rings is 1. The quantitative estimate of drug-likeness (QED) is 0.642. The van der Waals surface area contributed by atoms with E-state index in [1.807, 2.05) is 18.2 Å². The summed E-state index contributed by atoms with van der Waals surface area (Å²) in [6.07, 6.45) is 2.49. The van der Waals surface area contributed by atoms with Crippen LogP contribution in [0, 0.1) is 11.1 Å². The van der Waals surface area contributed by atoms with Gasteiger partial charge in [-0.05, 0) is 35.6 Å². The number of benzene rings is 1. The highest BCUT2D eigenvalue weighted by Gasteiger charge is 2.67. The van der Waals surface area contributed by atoms with Crippen LogP contribution in [0.3, 0.4) is 0 Å². The van der Waals surface area contributed by atoms with Gasteiger partial charge in [-0.2, -0.15) is 0 Å². The number of aromatic nitrogens is 1. The van der Waals surface area contributed by atoms with E-state index in [1.54, 1.807) is 10.6 Å². The Kier molecular flexibility index (Phi) is 2.91. The first-order valence-corrected chi connectivity index (χ1v) is 10.2. The van der Waals surface area contributed by atoms with Crippen molar-refractivity contribution in [3.8, 4) is 5.69 Å². The Bertz CT molecular complexity index is 1120. The monoisotopic (exact) mass is 377 g/mol. The Balaban J connectivity index is 1.80. The van der Waals surface area contributed by atoms with Gasteiger partial charge in [0.1, 0.15) is 11.6 Å². The number of nitrogens with two attached hydrogens (primary N) is 1. The van der Waals surface area contributed by atoms with Crippen molar-refractivity contribution in [3.63, 3.8) is 0 Å². The van der Waals surface area contributed by atoms with Gasteiger partial charge in [0.05, 0.1) is 24.2 Å². The summed E-state index contributed by atoms with van der Waals surface area (Å²) in [4.78, 5) is 25.4. The second-order valence-corrected chi connectivity index (χ2v) is 8.99. The molecule has 6 nitrogen and oxygen atoms in total. The van der Waals surface area contributed by atoms with Crippen LogP contribution in [0.2, 0.25) is 0 Å². The van der Waals surface area contributed by atoms with E-state index in [0.717, 1.165) is 41.8 Å². The van der Waals surface area contributed by atoms with E-state index in [4.69, 9.17) is 5.73 Å². The number of nitrogens with zero attached hydrogens (tertiary/aromatic N) is 2. The van der Waals surface area contributed by atoms with Crippen LogP contribution in [0.4, 0.5) is 0 Å². The molecule has 2 fully saturated rings. The molecule has 0 saturated carbocycles. The minimum atomic E-state index is -0.679. The molecule has 2 saturated heterocycles. The van der Waals surface area contributed by atoms with Crippen molar-refractivity contribution in [2.45, 2.75) is 43.6 Å². The molecule has 5 atom stereocenters. The fourth-order valence-electron chi connectivity index (χ4n) is 7.00. The summed E-state index contributed by atoms with van der Waals surface area (Å²) in [5, 5.41) is 13.9. The molecule has 6 heteroatoms. The Morgan fingerprint density at radius 1 is 1.39 bits per heavy atom. The molecule has 4 aliphatic rings. The number of primary amides is 1. The molecule has 0 radical (unpaired) electrons. The molecule has 3 aliphatic heterocycles. The average molecular weight is 377 g/mol. The smallest absolute Gasteiger partial charge is 0.268 e.